The number of ketones is 1. The number of aromatic nitrogens is 2. The number of halogens is 3. The zero-order valence-corrected chi connectivity index (χ0v) is 9.24. The van der Waals surface area contributed by atoms with Gasteiger partial charge in [-0.05, 0) is 13.8 Å². The van der Waals surface area contributed by atoms with Crippen molar-refractivity contribution in [3.05, 3.63) is 11.7 Å². The Labute approximate surface area is 94.9 Å². The molecule has 0 fully saturated rings. The Bertz CT molecular complexity index is 389. The quantitative estimate of drug-likeness (QED) is 0.800. The molecule has 0 bridgehead atoms. The molecule has 0 saturated carbocycles. The number of Topliss-reactive ketones (excluding diaryl/α,β-unsaturated/α-hetero) is 1. The Morgan fingerprint density at radius 2 is 2.18 bits per heavy atom. The van der Waals surface area contributed by atoms with Gasteiger partial charge in [0.25, 0.3) is 0 Å². The van der Waals surface area contributed by atoms with Gasteiger partial charge in [-0.1, -0.05) is 5.16 Å². The first-order valence-corrected chi connectivity index (χ1v) is 4.88. The lowest BCUT2D eigenvalue weighted by Crippen LogP contribution is -2.24. The summed E-state index contributed by atoms with van der Waals surface area (Å²) in [4.78, 5) is 14.3. The van der Waals surface area contributed by atoms with Gasteiger partial charge in [-0.2, -0.15) is 18.2 Å². The molecule has 1 rings (SSSR count). The Kier molecular flexibility index (Phi) is 4.22. The highest BCUT2D eigenvalue weighted by Crippen LogP contribution is 2.19. The third kappa shape index (κ3) is 3.81. The summed E-state index contributed by atoms with van der Waals surface area (Å²) in [5.74, 6) is -2.16. The summed E-state index contributed by atoms with van der Waals surface area (Å²) < 4.78 is 45.5. The van der Waals surface area contributed by atoms with E-state index in [-0.39, 0.29) is 11.7 Å². The molecule has 5 nitrogen and oxygen atoms in total. The van der Waals surface area contributed by atoms with Crippen LogP contribution in [0.1, 0.15) is 31.7 Å². The van der Waals surface area contributed by atoms with E-state index in [1.165, 1.54) is 0 Å². The summed E-state index contributed by atoms with van der Waals surface area (Å²) in [6, 6.07) is 0. The Morgan fingerprint density at radius 1 is 1.53 bits per heavy atom. The summed E-state index contributed by atoms with van der Waals surface area (Å²) in [5, 5.41) is 3.44. The van der Waals surface area contributed by atoms with Crippen molar-refractivity contribution in [2.24, 2.45) is 0 Å². The molecule has 0 saturated heterocycles. The first kappa shape index (κ1) is 13.6. The van der Waals surface area contributed by atoms with Gasteiger partial charge in [0, 0.05) is 6.61 Å². The summed E-state index contributed by atoms with van der Waals surface area (Å²) in [6.45, 7) is 3.79. The molecule has 1 unspecified atom stereocenters. The molecular weight excluding hydrogens is 241 g/mol. The lowest BCUT2D eigenvalue weighted by Gasteiger charge is -2.04. The second-order valence-electron chi connectivity index (χ2n) is 3.24. The van der Waals surface area contributed by atoms with Crippen LogP contribution in [0.3, 0.4) is 0 Å². The number of carbonyl (C=O) groups is 1. The van der Waals surface area contributed by atoms with Crippen LogP contribution >= 0.6 is 0 Å². The van der Waals surface area contributed by atoms with Crippen molar-refractivity contribution >= 4 is 5.78 Å². The van der Waals surface area contributed by atoms with Crippen LogP contribution in [-0.4, -0.2) is 28.7 Å². The van der Waals surface area contributed by atoms with Crippen LogP contribution in [0, 0.1) is 0 Å². The van der Waals surface area contributed by atoms with Gasteiger partial charge in [-0.3, -0.25) is 4.79 Å². The van der Waals surface area contributed by atoms with Crippen molar-refractivity contribution in [2.45, 2.75) is 32.5 Å². The molecule has 0 spiro atoms. The molecule has 1 atom stereocenters. The van der Waals surface area contributed by atoms with E-state index in [2.05, 4.69) is 14.7 Å². The lowest BCUT2D eigenvalue weighted by atomic mass is 10.3. The largest absolute Gasteiger partial charge is 0.450 e. The van der Waals surface area contributed by atoms with E-state index >= 15 is 0 Å². The molecule has 8 heteroatoms. The van der Waals surface area contributed by atoms with Gasteiger partial charge >= 0.3 is 6.18 Å². The van der Waals surface area contributed by atoms with Gasteiger partial charge in [-0.15, -0.1) is 0 Å². The molecule has 0 aliphatic carbocycles. The SMILES string of the molecule is CCOC(C)c1noc(CC(=O)C(F)(F)F)n1. The minimum absolute atomic E-state index is 0.122. The topological polar surface area (TPSA) is 65.2 Å². The van der Waals surface area contributed by atoms with Gasteiger partial charge in [0.15, 0.2) is 5.82 Å². The predicted octanol–water partition coefficient (Wildman–Crippen LogP) is 1.84. The number of nitrogens with zero attached hydrogens (tertiary/aromatic N) is 2. The minimum atomic E-state index is -4.89. The van der Waals surface area contributed by atoms with E-state index in [0.717, 1.165) is 0 Å². The van der Waals surface area contributed by atoms with Gasteiger partial charge in [0.1, 0.15) is 6.10 Å². The Hall–Kier alpha value is -1.44. The van der Waals surface area contributed by atoms with Crippen LogP contribution in [0.25, 0.3) is 0 Å². The maximum atomic E-state index is 12.0. The minimum Gasteiger partial charge on any atom is -0.371 e. The van der Waals surface area contributed by atoms with Crippen molar-refractivity contribution < 1.29 is 27.2 Å². The highest BCUT2D eigenvalue weighted by molar-refractivity contribution is 5.85. The molecule has 17 heavy (non-hydrogen) atoms. The molecule has 0 radical (unpaired) electrons. The van der Waals surface area contributed by atoms with Crippen LogP contribution in [0.4, 0.5) is 13.2 Å². The number of hydrogen-bond donors (Lipinski definition) is 0. The molecule has 1 heterocycles. The molecule has 0 N–H and O–H groups in total. The smallest absolute Gasteiger partial charge is 0.371 e. The molecule has 1 aromatic rings. The average molecular weight is 252 g/mol. The first-order valence-electron chi connectivity index (χ1n) is 4.88. The molecule has 1 aromatic heterocycles. The third-order valence-corrected chi connectivity index (χ3v) is 1.89. The number of rotatable bonds is 5. The van der Waals surface area contributed by atoms with E-state index in [4.69, 9.17) is 4.74 Å². The van der Waals surface area contributed by atoms with Crippen molar-refractivity contribution in [3.63, 3.8) is 0 Å². The van der Waals surface area contributed by atoms with Crippen LogP contribution in [-0.2, 0) is 16.0 Å². The molecule has 0 aromatic carbocycles. The Morgan fingerprint density at radius 3 is 2.71 bits per heavy atom. The fourth-order valence-electron chi connectivity index (χ4n) is 1.07. The van der Waals surface area contributed by atoms with Gasteiger partial charge in [-0.25, -0.2) is 0 Å². The van der Waals surface area contributed by atoms with Crippen molar-refractivity contribution in [1.82, 2.24) is 10.1 Å². The van der Waals surface area contributed by atoms with Gasteiger partial charge in [0.05, 0.1) is 6.42 Å². The number of ether oxygens (including phenoxy) is 1. The van der Waals surface area contributed by atoms with E-state index in [1.807, 2.05) is 0 Å². The molecule has 0 aliphatic heterocycles. The average Bonchev–Trinajstić information content (AvgIpc) is 2.65. The Balaban J connectivity index is 2.66. The number of carbonyl (C=O) groups excluding carboxylic acids is 1. The maximum Gasteiger partial charge on any atom is 0.450 e. The van der Waals surface area contributed by atoms with Crippen LogP contribution in [0.5, 0.6) is 0 Å². The highest BCUT2D eigenvalue weighted by Gasteiger charge is 2.39. The van der Waals surface area contributed by atoms with E-state index in [9.17, 15) is 18.0 Å². The maximum absolute atomic E-state index is 12.0. The standard InChI is InChI=1S/C9H11F3N2O3/c1-3-16-5(2)8-13-7(17-14-8)4-6(15)9(10,11)12/h5H,3-4H2,1-2H3. The van der Waals surface area contributed by atoms with Crippen LogP contribution in [0.2, 0.25) is 0 Å². The normalized spacial score (nSPS) is 13.7. The predicted molar refractivity (Wildman–Crippen MR) is 49.1 cm³/mol. The monoisotopic (exact) mass is 252 g/mol. The highest BCUT2D eigenvalue weighted by atomic mass is 19.4. The molecule has 0 amide bonds. The lowest BCUT2D eigenvalue weighted by molar-refractivity contribution is -0.170. The summed E-state index contributed by atoms with van der Waals surface area (Å²) in [5.41, 5.74) is 0. The van der Waals surface area contributed by atoms with E-state index in [1.54, 1.807) is 13.8 Å². The molecule has 0 aliphatic rings. The summed E-state index contributed by atoms with van der Waals surface area (Å²) in [7, 11) is 0. The van der Waals surface area contributed by atoms with Crippen molar-refractivity contribution in [3.8, 4) is 0 Å². The zero-order valence-electron chi connectivity index (χ0n) is 9.24. The van der Waals surface area contributed by atoms with Gasteiger partial charge < -0.3 is 9.26 Å². The van der Waals surface area contributed by atoms with Crippen LogP contribution in [0.15, 0.2) is 4.52 Å². The molecule has 96 valence electrons. The van der Waals surface area contributed by atoms with Crippen molar-refractivity contribution in [1.29, 1.82) is 0 Å². The second kappa shape index (κ2) is 5.26. The second-order valence-corrected chi connectivity index (χ2v) is 3.24. The van der Waals surface area contributed by atoms with Crippen molar-refractivity contribution in [2.75, 3.05) is 6.61 Å². The molecular formula is C9H11F3N2O3. The number of hydrogen-bond acceptors (Lipinski definition) is 5. The third-order valence-electron chi connectivity index (χ3n) is 1.89. The fourth-order valence-corrected chi connectivity index (χ4v) is 1.07. The summed E-state index contributed by atoms with van der Waals surface area (Å²) in [6.07, 6.45) is -6.33. The van der Waals surface area contributed by atoms with E-state index < -0.39 is 24.5 Å². The van der Waals surface area contributed by atoms with Crippen LogP contribution < -0.4 is 0 Å². The summed E-state index contributed by atoms with van der Waals surface area (Å²) >= 11 is 0. The zero-order chi connectivity index (χ0) is 13.1. The fraction of sp³-hybridized carbons (Fsp3) is 0.667. The number of alkyl halides is 3. The first-order chi connectivity index (χ1) is 7.84. The van der Waals surface area contributed by atoms with E-state index in [0.29, 0.717) is 6.61 Å². The van der Waals surface area contributed by atoms with Gasteiger partial charge in [0.2, 0.25) is 11.7 Å².